The van der Waals surface area contributed by atoms with Gasteiger partial charge in [0.1, 0.15) is 4.32 Å². The minimum Gasteiger partial charge on any atom is -0.288 e. The first-order chi connectivity index (χ1) is 11.0. The Balaban J connectivity index is 1.83. The van der Waals surface area contributed by atoms with E-state index in [1.54, 1.807) is 23.1 Å². The van der Waals surface area contributed by atoms with Crippen molar-refractivity contribution in [3.05, 3.63) is 74.6 Å². The molecule has 23 heavy (non-hydrogen) atoms. The second kappa shape index (κ2) is 7.05. The zero-order chi connectivity index (χ0) is 16.4. The molecule has 1 saturated heterocycles. The lowest BCUT2D eigenvalue weighted by Gasteiger charge is -2.14. The largest absolute Gasteiger partial charge is 0.288 e. The first-order valence-corrected chi connectivity index (χ1v) is 8.77. The molecule has 0 radical (unpaired) electrons. The molecule has 0 N–H and O–H groups in total. The summed E-state index contributed by atoms with van der Waals surface area (Å²) in [5, 5.41) is 0.945. The van der Waals surface area contributed by atoms with Crippen LogP contribution in [0, 0.1) is 0 Å². The highest BCUT2D eigenvalue weighted by Gasteiger charge is 2.31. The van der Waals surface area contributed by atoms with Crippen molar-refractivity contribution in [3.8, 4) is 0 Å². The van der Waals surface area contributed by atoms with Gasteiger partial charge in [-0.05, 0) is 29.3 Å². The summed E-state index contributed by atoms with van der Waals surface area (Å²) in [6.45, 7) is 0.476. The molecule has 2 aromatic carbocycles. The Labute approximate surface area is 154 Å². The number of hydrogen-bond donors (Lipinski definition) is 0. The molecule has 0 unspecified atom stereocenters. The van der Waals surface area contributed by atoms with Crippen molar-refractivity contribution in [1.82, 2.24) is 4.90 Å². The van der Waals surface area contributed by atoms with Gasteiger partial charge >= 0.3 is 0 Å². The number of carbonyl (C=O) groups excluding carboxylic acids is 1. The van der Waals surface area contributed by atoms with Crippen LogP contribution in [0.25, 0.3) is 6.08 Å². The van der Waals surface area contributed by atoms with Crippen LogP contribution in [-0.4, -0.2) is 15.1 Å². The predicted octanol–water partition coefficient (Wildman–Crippen LogP) is 5.39. The summed E-state index contributed by atoms with van der Waals surface area (Å²) in [6, 6.07) is 15.0. The topological polar surface area (TPSA) is 20.3 Å². The second-order valence-corrected chi connectivity index (χ2v) is 7.42. The summed E-state index contributed by atoms with van der Waals surface area (Å²) in [5.74, 6) is -0.0880. The van der Waals surface area contributed by atoms with E-state index in [0.29, 0.717) is 25.8 Å². The van der Waals surface area contributed by atoms with Gasteiger partial charge in [-0.2, -0.15) is 0 Å². The maximum atomic E-state index is 12.6. The van der Waals surface area contributed by atoms with Gasteiger partial charge in [0.05, 0.1) is 21.5 Å². The van der Waals surface area contributed by atoms with Crippen LogP contribution in [-0.2, 0) is 11.3 Å². The molecule has 0 atom stereocenters. The maximum absolute atomic E-state index is 12.6. The number of thiocarbonyl (C=S) groups is 1. The van der Waals surface area contributed by atoms with Gasteiger partial charge in [-0.1, -0.05) is 83.6 Å². The highest BCUT2D eigenvalue weighted by Crippen LogP contribution is 2.34. The average molecular weight is 380 g/mol. The summed E-state index contributed by atoms with van der Waals surface area (Å²) in [5.41, 5.74) is 1.86. The normalized spacial score (nSPS) is 16.4. The summed E-state index contributed by atoms with van der Waals surface area (Å²) in [4.78, 5) is 14.8. The molecule has 1 amide bonds. The van der Waals surface area contributed by atoms with Crippen LogP contribution in [0.4, 0.5) is 0 Å². The monoisotopic (exact) mass is 379 g/mol. The van der Waals surface area contributed by atoms with E-state index in [0.717, 1.165) is 11.1 Å². The highest BCUT2D eigenvalue weighted by molar-refractivity contribution is 8.26. The highest BCUT2D eigenvalue weighted by atomic mass is 35.5. The van der Waals surface area contributed by atoms with Crippen molar-refractivity contribution in [2.75, 3.05) is 0 Å². The molecule has 2 nitrogen and oxygen atoms in total. The number of amides is 1. The lowest BCUT2D eigenvalue weighted by Crippen LogP contribution is -2.27. The molecule has 6 heteroatoms. The third kappa shape index (κ3) is 3.78. The summed E-state index contributed by atoms with van der Waals surface area (Å²) >= 11 is 18.6. The Morgan fingerprint density at radius 3 is 2.52 bits per heavy atom. The Bertz CT molecular complexity index is 805. The Kier molecular flexibility index (Phi) is 5.07. The number of benzene rings is 2. The molecular weight excluding hydrogens is 369 g/mol. The fourth-order valence-corrected chi connectivity index (χ4v) is 3.72. The first kappa shape index (κ1) is 16.5. The van der Waals surface area contributed by atoms with Crippen molar-refractivity contribution in [2.24, 2.45) is 0 Å². The number of carbonyl (C=O) groups is 1. The third-order valence-electron chi connectivity index (χ3n) is 3.30. The van der Waals surface area contributed by atoms with Gasteiger partial charge in [0.2, 0.25) is 0 Å². The molecule has 0 spiro atoms. The van der Waals surface area contributed by atoms with Crippen LogP contribution >= 0.6 is 47.2 Å². The minimum atomic E-state index is -0.0880. The van der Waals surface area contributed by atoms with Crippen LogP contribution in [0.2, 0.25) is 10.0 Å². The van der Waals surface area contributed by atoms with Gasteiger partial charge in [-0.3, -0.25) is 9.69 Å². The quantitative estimate of drug-likeness (QED) is 0.526. The maximum Gasteiger partial charge on any atom is 0.266 e. The van der Waals surface area contributed by atoms with Crippen molar-refractivity contribution >= 4 is 63.5 Å². The lowest BCUT2D eigenvalue weighted by molar-refractivity contribution is -0.122. The number of thioether (sulfide) groups is 1. The van der Waals surface area contributed by atoms with Crippen molar-refractivity contribution in [1.29, 1.82) is 0 Å². The van der Waals surface area contributed by atoms with E-state index in [-0.39, 0.29) is 5.91 Å². The smallest absolute Gasteiger partial charge is 0.266 e. The van der Waals surface area contributed by atoms with E-state index in [4.69, 9.17) is 35.4 Å². The summed E-state index contributed by atoms with van der Waals surface area (Å²) < 4.78 is 0.560. The fourth-order valence-electron chi connectivity index (χ4n) is 2.16. The number of nitrogens with zero attached hydrogens (tertiary/aromatic N) is 1. The zero-order valence-electron chi connectivity index (χ0n) is 11.8. The molecule has 1 fully saturated rings. The van der Waals surface area contributed by atoms with Crippen molar-refractivity contribution in [3.63, 3.8) is 0 Å². The van der Waals surface area contributed by atoms with Gasteiger partial charge in [0.25, 0.3) is 5.91 Å². The standard InChI is InChI=1S/C17H11Cl2NOS2/c18-13-7-6-12(8-14(13)19)9-15-16(21)20(17(22)23-15)10-11-4-2-1-3-5-11/h1-9H,10H2/b15-9+. The minimum absolute atomic E-state index is 0.0880. The van der Waals surface area contributed by atoms with E-state index in [2.05, 4.69) is 0 Å². The summed E-state index contributed by atoms with van der Waals surface area (Å²) in [7, 11) is 0. The van der Waals surface area contributed by atoms with Gasteiger partial charge in [-0.15, -0.1) is 0 Å². The van der Waals surface area contributed by atoms with E-state index in [1.807, 2.05) is 36.4 Å². The van der Waals surface area contributed by atoms with Gasteiger partial charge in [0, 0.05) is 0 Å². The lowest BCUT2D eigenvalue weighted by atomic mass is 10.2. The van der Waals surface area contributed by atoms with Gasteiger partial charge in [0.15, 0.2) is 0 Å². The van der Waals surface area contributed by atoms with E-state index < -0.39 is 0 Å². The Morgan fingerprint density at radius 2 is 1.83 bits per heavy atom. The van der Waals surface area contributed by atoms with Crippen LogP contribution in [0.1, 0.15) is 11.1 Å². The Morgan fingerprint density at radius 1 is 1.09 bits per heavy atom. The molecule has 1 aliphatic rings. The van der Waals surface area contributed by atoms with Crippen LogP contribution in [0.3, 0.4) is 0 Å². The molecule has 0 saturated carbocycles. The van der Waals surface area contributed by atoms with Crippen molar-refractivity contribution in [2.45, 2.75) is 6.54 Å². The third-order valence-corrected chi connectivity index (χ3v) is 5.42. The molecule has 2 aromatic rings. The molecular formula is C17H11Cl2NOS2. The average Bonchev–Trinajstić information content (AvgIpc) is 2.80. The summed E-state index contributed by atoms with van der Waals surface area (Å²) in [6.07, 6.45) is 1.78. The van der Waals surface area contributed by atoms with Crippen LogP contribution < -0.4 is 0 Å². The molecule has 1 aliphatic heterocycles. The van der Waals surface area contributed by atoms with Crippen LogP contribution in [0.5, 0.6) is 0 Å². The second-order valence-electron chi connectivity index (χ2n) is 4.93. The zero-order valence-corrected chi connectivity index (χ0v) is 15.0. The first-order valence-electron chi connectivity index (χ1n) is 6.79. The predicted molar refractivity (Wildman–Crippen MR) is 102 cm³/mol. The van der Waals surface area contributed by atoms with Crippen molar-refractivity contribution < 1.29 is 4.79 Å². The molecule has 116 valence electrons. The number of halogens is 2. The molecule has 1 heterocycles. The van der Waals surface area contributed by atoms with E-state index in [1.165, 1.54) is 11.8 Å². The van der Waals surface area contributed by atoms with E-state index in [9.17, 15) is 4.79 Å². The van der Waals surface area contributed by atoms with Gasteiger partial charge < -0.3 is 0 Å². The molecule has 0 bridgehead atoms. The number of rotatable bonds is 3. The Hall–Kier alpha value is -1.33. The van der Waals surface area contributed by atoms with E-state index >= 15 is 0 Å². The molecule has 0 aliphatic carbocycles. The van der Waals surface area contributed by atoms with Gasteiger partial charge in [-0.25, -0.2) is 0 Å². The molecule has 0 aromatic heterocycles. The number of hydrogen-bond acceptors (Lipinski definition) is 3. The fraction of sp³-hybridized carbons (Fsp3) is 0.0588. The SMILES string of the molecule is O=C1/C(=C\c2ccc(Cl)c(Cl)c2)SC(=S)N1Cc1ccccc1. The van der Waals surface area contributed by atoms with Crippen LogP contribution in [0.15, 0.2) is 53.4 Å². The molecule has 3 rings (SSSR count).